The van der Waals surface area contributed by atoms with Crippen LogP contribution in [0.15, 0.2) is 34.5 Å². The maximum Gasteiger partial charge on any atom is 0.257 e. The normalized spacial score (nSPS) is 15.7. The monoisotopic (exact) mass is 432 g/mol. The van der Waals surface area contributed by atoms with Crippen molar-refractivity contribution in [1.29, 1.82) is 0 Å². The van der Waals surface area contributed by atoms with Crippen LogP contribution in [0.3, 0.4) is 0 Å². The summed E-state index contributed by atoms with van der Waals surface area (Å²) in [7, 11) is -3.68. The fourth-order valence-electron chi connectivity index (χ4n) is 3.06. The molecule has 2 aromatic rings. The zero-order chi connectivity index (χ0) is 20.9. The number of sulfonamides is 1. The molecular weight excluding hydrogens is 408 g/mol. The van der Waals surface area contributed by atoms with Crippen molar-refractivity contribution in [3.8, 4) is 12.3 Å². The topological polar surface area (TPSA) is 91.4 Å². The van der Waals surface area contributed by atoms with Crippen molar-refractivity contribution < 1.29 is 13.2 Å². The van der Waals surface area contributed by atoms with E-state index in [2.05, 4.69) is 32.8 Å². The lowest BCUT2D eigenvalue weighted by Gasteiger charge is -2.29. The number of amides is 1. The van der Waals surface area contributed by atoms with Gasteiger partial charge in [-0.25, -0.2) is 13.4 Å². The van der Waals surface area contributed by atoms with Crippen molar-refractivity contribution in [3.63, 3.8) is 0 Å². The standard InChI is InChI=1S/C20H24N4O3S2/c1-3-10-21-29(26,27)18-6-4-16(5-7-18)19(25)23-20-22-17(14-28-20)13-24-11-8-15(2)9-12-24/h1,4-7,14-15,21H,8-13H2,2H3,(H,22,23,25). The van der Waals surface area contributed by atoms with Gasteiger partial charge in [0.2, 0.25) is 10.0 Å². The summed E-state index contributed by atoms with van der Waals surface area (Å²) in [6.45, 7) is 5.13. The highest BCUT2D eigenvalue weighted by atomic mass is 32.2. The molecule has 1 aromatic carbocycles. The van der Waals surface area contributed by atoms with Crippen LogP contribution in [0.5, 0.6) is 0 Å². The number of nitrogens with zero attached hydrogens (tertiary/aromatic N) is 2. The molecule has 0 saturated carbocycles. The van der Waals surface area contributed by atoms with Crippen LogP contribution >= 0.6 is 11.3 Å². The summed E-state index contributed by atoms with van der Waals surface area (Å²) < 4.78 is 26.3. The molecule has 0 aliphatic carbocycles. The van der Waals surface area contributed by atoms with Gasteiger partial charge in [-0.3, -0.25) is 15.0 Å². The zero-order valence-electron chi connectivity index (χ0n) is 16.2. The van der Waals surface area contributed by atoms with E-state index in [1.54, 1.807) is 0 Å². The van der Waals surface area contributed by atoms with E-state index in [0.717, 1.165) is 31.2 Å². The fourth-order valence-corrected chi connectivity index (χ4v) is 4.69. The second kappa shape index (κ2) is 9.50. The Morgan fingerprint density at radius 2 is 2.00 bits per heavy atom. The van der Waals surface area contributed by atoms with Crippen molar-refractivity contribution >= 4 is 32.4 Å². The molecule has 1 amide bonds. The molecule has 0 atom stereocenters. The Hall–Kier alpha value is -2.25. The van der Waals surface area contributed by atoms with Gasteiger partial charge in [0.25, 0.3) is 5.91 Å². The molecule has 9 heteroatoms. The fraction of sp³-hybridized carbons (Fsp3) is 0.400. The van der Waals surface area contributed by atoms with Gasteiger partial charge in [0.1, 0.15) is 0 Å². The van der Waals surface area contributed by atoms with Crippen LogP contribution in [-0.2, 0) is 16.6 Å². The van der Waals surface area contributed by atoms with Gasteiger partial charge in [0.05, 0.1) is 17.1 Å². The van der Waals surface area contributed by atoms with Crippen LogP contribution in [0.2, 0.25) is 0 Å². The van der Waals surface area contributed by atoms with Crippen LogP contribution in [0.25, 0.3) is 0 Å². The number of hydrogen-bond donors (Lipinski definition) is 2. The Labute approximate surface area is 175 Å². The summed E-state index contributed by atoms with van der Waals surface area (Å²) in [6.07, 6.45) is 7.49. The van der Waals surface area contributed by atoms with E-state index in [0.29, 0.717) is 10.7 Å². The van der Waals surface area contributed by atoms with Crippen LogP contribution in [-0.4, -0.2) is 43.8 Å². The van der Waals surface area contributed by atoms with Crippen LogP contribution in [0.4, 0.5) is 5.13 Å². The molecule has 0 unspecified atom stereocenters. The van der Waals surface area contributed by atoms with E-state index in [-0.39, 0.29) is 17.3 Å². The Balaban J connectivity index is 1.58. The summed E-state index contributed by atoms with van der Waals surface area (Å²) in [6, 6.07) is 5.67. The molecule has 154 valence electrons. The predicted octanol–water partition coefficient (Wildman–Crippen LogP) is 2.54. The highest BCUT2D eigenvalue weighted by Gasteiger charge is 2.18. The molecule has 1 fully saturated rings. The number of nitrogens with one attached hydrogen (secondary N) is 2. The minimum absolute atomic E-state index is 0.0525. The van der Waals surface area contributed by atoms with E-state index in [9.17, 15) is 13.2 Å². The van der Waals surface area contributed by atoms with Crippen LogP contribution in [0, 0.1) is 18.3 Å². The van der Waals surface area contributed by atoms with Crippen molar-refractivity contribution in [2.24, 2.45) is 5.92 Å². The van der Waals surface area contributed by atoms with Crippen LogP contribution < -0.4 is 10.0 Å². The van der Waals surface area contributed by atoms with E-state index < -0.39 is 10.0 Å². The smallest absolute Gasteiger partial charge is 0.257 e. The van der Waals surface area contributed by atoms with Gasteiger partial charge in [-0.15, -0.1) is 17.8 Å². The molecule has 7 nitrogen and oxygen atoms in total. The second-order valence-corrected chi connectivity index (χ2v) is 9.73. The molecule has 1 aromatic heterocycles. The van der Waals surface area contributed by atoms with Crippen molar-refractivity contribution in [2.75, 3.05) is 25.0 Å². The number of anilines is 1. The average molecular weight is 433 g/mol. The molecule has 1 saturated heterocycles. The highest BCUT2D eigenvalue weighted by molar-refractivity contribution is 7.89. The van der Waals surface area contributed by atoms with Gasteiger partial charge < -0.3 is 0 Å². The minimum atomic E-state index is -3.68. The number of aromatic nitrogens is 1. The number of likely N-dealkylation sites (tertiary alicyclic amines) is 1. The van der Waals surface area contributed by atoms with E-state index in [1.807, 2.05) is 5.38 Å². The minimum Gasteiger partial charge on any atom is -0.298 e. The van der Waals surface area contributed by atoms with Gasteiger partial charge >= 0.3 is 0 Å². The Bertz CT molecular complexity index is 985. The predicted molar refractivity (Wildman–Crippen MR) is 114 cm³/mol. The third kappa shape index (κ3) is 5.87. The van der Waals surface area contributed by atoms with Crippen molar-refractivity contribution in [3.05, 3.63) is 40.9 Å². The van der Waals surface area contributed by atoms with Gasteiger partial charge in [0, 0.05) is 17.5 Å². The number of carbonyl (C=O) groups is 1. The molecule has 2 N–H and O–H groups in total. The first kappa shape index (κ1) is 21.5. The van der Waals surface area contributed by atoms with Gasteiger partial charge in [0.15, 0.2) is 5.13 Å². The summed E-state index contributed by atoms with van der Waals surface area (Å²) in [5.41, 5.74) is 1.29. The quantitative estimate of drug-likeness (QED) is 0.656. The summed E-state index contributed by atoms with van der Waals surface area (Å²) in [5, 5.41) is 5.26. The summed E-state index contributed by atoms with van der Waals surface area (Å²) in [5.74, 6) is 2.67. The number of benzene rings is 1. The molecule has 2 heterocycles. The number of rotatable bonds is 7. The first-order valence-electron chi connectivity index (χ1n) is 9.38. The van der Waals surface area contributed by atoms with E-state index in [1.165, 1.54) is 48.4 Å². The molecule has 3 rings (SSSR count). The first-order valence-corrected chi connectivity index (χ1v) is 11.7. The van der Waals surface area contributed by atoms with Crippen molar-refractivity contribution in [2.45, 2.75) is 31.2 Å². The Morgan fingerprint density at radius 3 is 2.66 bits per heavy atom. The van der Waals surface area contributed by atoms with E-state index >= 15 is 0 Å². The van der Waals surface area contributed by atoms with Gasteiger partial charge in [-0.1, -0.05) is 12.8 Å². The molecule has 0 radical (unpaired) electrons. The highest BCUT2D eigenvalue weighted by Crippen LogP contribution is 2.21. The maximum absolute atomic E-state index is 12.4. The maximum atomic E-state index is 12.4. The Morgan fingerprint density at radius 1 is 1.31 bits per heavy atom. The largest absolute Gasteiger partial charge is 0.298 e. The molecule has 0 spiro atoms. The lowest BCUT2D eigenvalue weighted by Crippen LogP contribution is -2.32. The molecule has 0 bridgehead atoms. The molecule has 29 heavy (non-hydrogen) atoms. The molecular formula is C20H24N4O3S2. The van der Waals surface area contributed by atoms with Crippen molar-refractivity contribution in [1.82, 2.24) is 14.6 Å². The zero-order valence-corrected chi connectivity index (χ0v) is 17.9. The number of carbonyl (C=O) groups excluding carboxylic acids is 1. The number of thiazole rings is 1. The lowest BCUT2D eigenvalue weighted by molar-refractivity contribution is 0.102. The SMILES string of the molecule is C#CCNS(=O)(=O)c1ccc(C(=O)Nc2nc(CN3CCC(C)CC3)cs2)cc1. The number of terminal acetylenes is 1. The Kier molecular flexibility index (Phi) is 7.03. The lowest BCUT2D eigenvalue weighted by atomic mass is 9.99. The first-order chi connectivity index (χ1) is 13.9. The van der Waals surface area contributed by atoms with Gasteiger partial charge in [-0.2, -0.15) is 4.72 Å². The molecule has 1 aliphatic heterocycles. The summed E-state index contributed by atoms with van der Waals surface area (Å²) >= 11 is 1.38. The third-order valence-corrected chi connectivity index (χ3v) is 7.05. The van der Waals surface area contributed by atoms with Gasteiger partial charge in [-0.05, 0) is 56.1 Å². The number of hydrogen-bond acceptors (Lipinski definition) is 6. The average Bonchev–Trinajstić information content (AvgIpc) is 3.15. The number of piperidine rings is 1. The van der Waals surface area contributed by atoms with Crippen LogP contribution in [0.1, 0.15) is 35.8 Å². The van der Waals surface area contributed by atoms with E-state index in [4.69, 9.17) is 6.42 Å². The third-order valence-electron chi connectivity index (χ3n) is 4.83. The molecule has 1 aliphatic rings. The summed E-state index contributed by atoms with van der Waals surface area (Å²) in [4.78, 5) is 19.4. The second-order valence-electron chi connectivity index (χ2n) is 7.11.